The first kappa shape index (κ1) is 37.6. The largest absolute Gasteiger partial charge is 0.455 e. The van der Waals surface area contributed by atoms with Gasteiger partial charge in [0.05, 0.1) is 11.1 Å². The van der Waals surface area contributed by atoms with Crippen LogP contribution in [-0.2, 0) is 16.2 Å². The molecule has 0 unspecified atom stereocenters. The van der Waals surface area contributed by atoms with Crippen molar-refractivity contribution in [1.29, 1.82) is 0 Å². The molecule has 0 radical (unpaired) electrons. The first-order valence-electron chi connectivity index (χ1n) is 24.1. The van der Waals surface area contributed by atoms with Crippen LogP contribution in [0, 0.1) is 0 Å². The molecule has 10 aromatic rings. The molecule has 4 heterocycles. The molecule has 3 nitrogen and oxygen atoms in total. The quantitative estimate of drug-likeness (QED) is 0.162. The Hall–Kier alpha value is -7.56. The lowest BCUT2D eigenvalue weighted by Crippen LogP contribution is -2.62. The van der Waals surface area contributed by atoms with Gasteiger partial charge in [0, 0.05) is 39.1 Å². The highest BCUT2D eigenvalue weighted by molar-refractivity contribution is 6.93. The summed E-state index contributed by atoms with van der Waals surface area (Å²) in [4.78, 5) is 5.35. The normalized spacial score (nSPS) is 16.8. The average molecular weight is 859 g/mol. The fourth-order valence-electron chi connectivity index (χ4n) is 13.6. The number of anilines is 5. The molecule has 0 amide bonds. The van der Waals surface area contributed by atoms with Gasteiger partial charge in [-0.05, 0) is 144 Å². The summed E-state index contributed by atoms with van der Waals surface area (Å²) in [6, 6.07) is 71.5. The van der Waals surface area contributed by atoms with Crippen LogP contribution in [0.4, 0.5) is 28.4 Å². The Balaban J connectivity index is 1.11. The number of benzene rings is 9. The van der Waals surface area contributed by atoms with Crippen molar-refractivity contribution < 1.29 is 4.42 Å². The minimum atomic E-state index is -0.526. The van der Waals surface area contributed by atoms with Crippen molar-refractivity contribution in [3.05, 3.63) is 221 Å². The van der Waals surface area contributed by atoms with Gasteiger partial charge in [-0.1, -0.05) is 167 Å². The SMILES string of the molecule is CC1(C)CCC(C)(C)c2cc(N3B4c5cccc6c5N(c5ccccc5C65c6ccccc6-c6ccccc65)c5cc(-c6ccccc6)cc(c54)-c4c3ccc3c4oc4ccccc43)ccc21. The Bertz CT molecular complexity index is 3760. The Morgan fingerprint density at radius 1 is 0.463 bits per heavy atom. The average Bonchev–Trinajstić information content (AvgIpc) is 3.89. The second-order valence-electron chi connectivity index (χ2n) is 21.0. The molecule has 2 aliphatic carbocycles. The van der Waals surface area contributed by atoms with E-state index in [1.165, 1.54) is 107 Å². The van der Waals surface area contributed by atoms with E-state index in [9.17, 15) is 0 Å². The number of hydrogen-bond acceptors (Lipinski definition) is 3. The molecule has 0 atom stereocenters. The summed E-state index contributed by atoms with van der Waals surface area (Å²) in [6.07, 6.45) is 2.32. The highest BCUT2D eigenvalue weighted by Crippen LogP contribution is 2.64. The lowest BCUT2D eigenvalue weighted by Gasteiger charge is -2.51. The zero-order chi connectivity index (χ0) is 44.6. The Labute approximate surface area is 392 Å². The maximum absolute atomic E-state index is 7.11. The Morgan fingerprint density at radius 2 is 1.13 bits per heavy atom. The maximum atomic E-state index is 7.11. The monoisotopic (exact) mass is 858 g/mol. The summed E-state index contributed by atoms with van der Waals surface area (Å²) in [5, 5.41) is 2.28. The molecule has 15 rings (SSSR count). The topological polar surface area (TPSA) is 19.6 Å². The zero-order valence-corrected chi connectivity index (χ0v) is 38.2. The summed E-state index contributed by atoms with van der Waals surface area (Å²) < 4.78 is 7.11. The molecule has 1 aromatic heterocycles. The van der Waals surface area contributed by atoms with Crippen LogP contribution in [0.5, 0.6) is 0 Å². The lowest BCUT2D eigenvalue weighted by atomic mass is 9.42. The first-order valence-corrected chi connectivity index (χ1v) is 24.1. The molecule has 5 aliphatic rings. The van der Waals surface area contributed by atoms with Crippen LogP contribution in [-0.4, -0.2) is 6.85 Å². The van der Waals surface area contributed by atoms with E-state index >= 15 is 0 Å². The number of rotatable bonds is 2. The highest BCUT2D eigenvalue weighted by Gasteiger charge is 2.56. The molecule has 9 aromatic carbocycles. The van der Waals surface area contributed by atoms with Gasteiger partial charge in [0.2, 0.25) is 0 Å². The van der Waals surface area contributed by atoms with E-state index in [4.69, 9.17) is 4.42 Å². The Kier molecular flexibility index (Phi) is 7.23. The van der Waals surface area contributed by atoms with E-state index in [0.29, 0.717) is 0 Å². The number of furan rings is 1. The summed E-state index contributed by atoms with van der Waals surface area (Å²) in [7, 11) is 0. The summed E-state index contributed by atoms with van der Waals surface area (Å²) in [5.74, 6) is 0. The van der Waals surface area contributed by atoms with E-state index in [0.717, 1.165) is 33.9 Å². The van der Waals surface area contributed by atoms with Crippen LogP contribution < -0.4 is 20.6 Å². The number of nitrogens with zero attached hydrogens (tertiary/aromatic N) is 2. The van der Waals surface area contributed by atoms with Gasteiger partial charge in [-0.2, -0.15) is 0 Å². The third-order valence-electron chi connectivity index (χ3n) is 16.7. The van der Waals surface area contributed by atoms with Gasteiger partial charge in [-0.3, -0.25) is 0 Å². The molecule has 0 N–H and O–H groups in total. The van der Waals surface area contributed by atoms with Crippen LogP contribution in [0.15, 0.2) is 192 Å². The molecule has 1 spiro atoms. The summed E-state index contributed by atoms with van der Waals surface area (Å²) in [5.41, 5.74) is 25.8. The van der Waals surface area contributed by atoms with Gasteiger partial charge < -0.3 is 14.1 Å². The molecule has 0 fully saturated rings. The molecule has 0 bridgehead atoms. The smallest absolute Gasteiger partial charge is 0.333 e. The maximum Gasteiger partial charge on any atom is 0.333 e. The molecule has 67 heavy (non-hydrogen) atoms. The van der Waals surface area contributed by atoms with Crippen molar-refractivity contribution in [1.82, 2.24) is 0 Å². The van der Waals surface area contributed by atoms with E-state index in [1.807, 2.05) is 0 Å². The van der Waals surface area contributed by atoms with E-state index in [1.54, 1.807) is 0 Å². The number of para-hydroxylation sites is 3. The van der Waals surface area contributed by atoms with Crippen molar-refractivity contribution in [2.24, 2.45) is 0 Å². The van der Waals surface area contributed by atoms with E-state index < -0.39 is 5.41 Å². The molecule has 0 saturated heterocycles. The zero-order valence-electron chi connectivity index (χ0n) is 38.2. The fourth-order valence-corrected chi connectivity index (χ4v) is 13.6. The van der Waals surface area contributed by atoms with Gasteiger partial charge in [0.25, 0.3) is 0 Å². The predicted octanol–water partition coefficient (Wildman–Crippen LogP) is 15.0. The molecule has 3 aliphatic heterocycles. The fraction of sp³-hybridized carbons (Fsp3) is 0.143. The minimum Gasteiger partial charge on any atom is -0.455 e. The van der Waals surface area contributed by atoms with Crippen molar-refractivity contribution in [2.45, 2.75) is 56.8 Å². The lowest BCUT2D eigenvalue weighted by molar-refractivity contribution is 0.332. The van der Waals surface area contributed by atoms with E-state index in [2.05, 4.69) is 225 Å². The van der Waals surface area contributed by atoms with Crippen molar-refractivity contribution in [3.63, 3.8) is 0 Å². The second kappa shape index (κ2) is 12.9. The van der Waals surface area contributed by atoms with Crippen molar-refractivity contribution in [3.8, 4) is 33.4 Å². The molecule has 0 saturated carbocycles. The van der Waals surface area contributed by atoms with Gasteiger partial charge in [-0.25, -0.2) is 0 Å². The highest BCUT2D eigenvalue weighted by atomic mass is 16.3. The third kappa shape index (κ3) is 4.68. The Morgan fingerprint density at radius 3 is 1.93 bits per heavy atom. The second-order valence-corrected chi connectivity index (χ2v) is 21.0. The number of fused-ring (bicyclic) bond motifs is 18. The van der Waals surface area contributed by atoms with Crippen LogP contribution in [0.1, 0.15) is 73.9 Å². The van der Waals surface area contributed by atoms with Gasteiger partial charge in [-0.15, -0.1) is 0 Å². The first-order chi connectivity index (χ1) is 32.7. The van der Waals surface area contributed by atoms with Crippen molar-refractivity contribution in [2.75, 3.05) is 9.71 Å². The minimum absolute atomic E-state index is 0.0322. The van der Waals surface area contributed by atoms with Crippen LogP contribution in [0.3, 0.4) is 0 Å². The standard InChI is InChI=1S/C63H47BN2O/c1-61(2)33-34-62(3,4)51-37-40(29-31-48(51)61)66-54-32-30-44-43-21-10-15-28-56(43)67-60(44)57(54)45-35-39(38-17-6-5-7-18-38)36-55-58(45)64(66)52-26-16-25-50-59(52)65(55)53-27-14-13-24-49(53)63(50)46-22-11-8-19-41(46)42-20-9-12-23-47(42)63/h5-32,35-37H,33-34H2,1-4H3. The van der Waals surface area contributed by atoms with Crippen LogP contribution in [0.2, 0.25) is 0 Å². The van der Waals surface area contributed by atoms with E-state index in [-0.39, 0.29) is 17.7 Å². The van der Waals surface area contributed by atoms with Gasteiger partial charge in [0.1, 0.15) is 11.2 Å². The van der Waals surface area contributed by atoms with Crippen molar-refractivity contribution >= 4 is 68.1 Å². The molecular weight excluding hydrogens is 812 g/mol. The third-order valence-corrected chi connectivity index (χ3v) is 16.7. The van der Waals surface area contributed by atoms with Crippen LogP contribution >= 0.6 is 0 Å². The summed E-state index contributed by atoms with van der Waals surface area (Å²) >= 11 is 0. The molecule has 4 heteroatoms. The predicted molar refractivity (Wildman–Crippen MR) is 279 cm³/mol. The van der Waals surface area contributed by atoms with Gasteiger partial charge >= 0.3 is 6.85 Å². The van der Waals surface area contributed by atoms with Crippen LogP contribution in [0.25, 0.3) is 55.3 Å². The van der Waals surface area contributed by atoms with Gasteiger partial charge in [0.15, 0.2) is 0 Å². The number of hydrogen-bond donors (Lipinski definition) is 0. The molecule has 318 valence electrons. The summed E-state index contributed by atoms with van der Waals surface area (Å²) in [6.45, 7) is 9.61. The molecular formula is C63H47BN2O.